The number of fused-ring (bicyclic) bond motifs is 1. The van der Waals surface area contributed by atoms with Crippen molar-refractivity contribution in [3.05, 3.63) is 102 Å². The maximum absolute atomic E-state index is 6.55. The van der Waals surface area contributed by atoms with Gasteiger partial charge in [0.1, 0.15) is 5.82 Å². The lowest BCUT2D eigenvalue weighted by Crippen LogP contribution is -2.08. The van der Waals surface area contributed by atoms with E-state index < -0.39 is 0 Å². The first-order valence-electron chi connectivity index (χ1n) is 10.7. The average Bonchev–Trinajstić information content (AvgIpc) is 3.15. The Hall–Kier alpha value is -4.19. The summed E-state index contributed by atoms with van der Waals surface area (Å²) in [5, 5.41) is 8.86. The molecule has 0 unspecified atom stereocenters. The summed E-state index contributed by atoms with van der Waals surface area (Å²) in [5.41, 5.74) is 11.3. The van der Waals surface area contributed by atoms with Gasteiger partial charge in [-0.25, -0.2) is 9.67 Å². The number of aromatic nitrogens is 4. The predicted molar refractivity (Wildman–Crippen MR) is 129 cm³/mol. The van der Waals surface area contributed by atoms with Gasteiger partial charge in [-0.05, 0) is 17.5 Å². The highest BCUT2D eigenvalue weighted by Crippen LogP contribution is 2.31. The molecule has 0 spiro atoms. The van der Waals surface area contributed by atoms with Crippen LogP contribution < -0.4 is 11.1 Å². The number of anilines is 2. The van der Waals surface area contributed by atoms with E-state index in [-0.39, 0.29) is 0 Å². The Morgan fingerprint density at radius 2 is 1.38 bits per heavy atom. The molecule has 5 rings (SSSR count). The van der Waals surface area contributed by atoms with Crippen molar-refractivity contribution in [3.63, 3.8) is 0 Å². The normalized spacial score (nSPS) is 11.0. The Labute approximate surface area is 186 Å². The van der Waals surface area contributed by atoms with E-state index in [4.69, 9.17) is 15.8 Å². The molecular weight excluding hydrogens is 396 g/mol. The van der Waals surface area contributed by atoms with Crippen LogP contribution in [-0.2, 0) is 13.0 Å². The van der Waals surface area contributed by atoms with Crippen molar-refractivity contribution < 1.29 is 0 Å². The van der Waals surface area contributed by atoms with Crippen LogP contribution in [0.4, 0.5) is 11.8 Å². The van der Waals surface area contributed by atoms with E-state index in [1.807, 2.05) is 66.7 Å². The highest BCUT2D eigenvalue weighted by molar-refractivity contribution is 5.98. The molecule has 2 aromatic heterocycles. The Morgan fingerprint density at radius 1 is 0.750 bits per heavy atom. The number of hydrogen-bond donors (Lipinski definition) is 2. The van der Waals surface area contributed by atoms with E-state index in [2.05, 4.69) is 34.6 Å². The summed E-state index contributed by atoms with van der Waals surface area (Å²) in [7, 11) is 0. The SMILES string of the molecule is Nc1c2c(-c3ccccc3)nc(NCCc3ccccc3)nc2nn1Cc1ccccc1. The summed E-state index contributed by atoms with van der Waals surface area (Å²) in [6.07, 6.45) is 0.882. The summed E-state index contributed by atoms with van der Waals surface area (Å²) in [4.78, 5) is 9.51. The molecule has 158 valence electrons. The number of rotatable bonds is 7. The molecule has 0 aliphatic carbocycles. The van der Waals surface area contributed by atoms with E-state index in [9.17, 15) is 0 Å². The van der Waals surface area contributed by atoms with Gasteiger partial charge in [-0.15, -0.1) is 5.10 Å². The van der Waals surface area contributed by atoms with Crippen LogP contribution in [0.3, 0.4) is 0 Å². The van der Waals surface area contributed by atoms with Gasteiger partial charge in [-0.3, -0.25) is 0 Å². The molecule has 0 atom stereocenters. The lowest BCUT2D eigenvalue weighted by Gasteiger charge is -2.09. The predicted octanol–water partition coefficient (Wildman–Crippen LogP) is 4.78. The number of nitrogen functional groups attached to an aromatic ring is 1. The molecule has 6 heteroatoms. The highest BCUT2D eigenvalue weighted by Gasteiger charge is 2.18. The zero-order valence-corrected chi connectivity index (χ0v) is 17.6. The van der Waals surface area contributed by atoms with Crippen LogP contribution in [0.25, 0.3) is 22.3 Å². The second kappa shape index (κ2) is 8.89. The van der Waals surface area contributed by atoms with Crippen LogP contribution in [0.2, 0.25) is 0 Å². The molecule has 0 radical (unpaired) electrons. The van der Waals surface area contributed by atoms with Gasteiger partial charge in [0, 0.05) is 12.1 Å². The van der Waals surface area contributed by atoms with Crippen LogP contribution in [0.5, 0.6) is 0 Å². The average molecular weight is 421 g/mol. The van der Waals surface area contributed by atoms with Gasteiger partial charge in [0.2, 0.25) is 5.95 Å². The first-order valence-corrected chi connectivity index (χ1v) is 10.7. The number of hydrogen-bond acceptors (Lipinski definition) is 5. The largest absolute Gasteiger partial charge is 0.383 e. The monoisotopic (exact) mass is 420 g/mol. The molecule has 2 heterocycles. The molecule has 5 aromatic rings. The van der Waals surface area contributed by atoms with Gasteiger partial charge in [0.15, 0.2) is 5.65 Å². The number of nitrogens with one attached hydrogen (secondary N) is 1. The third-order valence-electron chi connectivity index (χ3n) is 5.40. The molecule has 3 N–H and O–H groups in total. The van der Waals surface area contributed by atoms with Crippen LogP contribution in [0.1, 0.15) is 11.1 Å². The molecule has 32 heavy (non-hydrogen) atoms. The van der Waals surface area contributed by atoms with Gasteiger partial charge in [-0.1, -0.05) is 91.0 Å². The van der Waals surface area contributed by atoms with Gasteiger partial charge < -0.3 is 11.1 Å². The van der Waals surface area contributed by atoms with E-state index in [1.54, 1.807) is 4.68 Å². The zero-order valence-electron chi connectivity index (χ0n) is 17.6. The molecule has 0 fully saturated rings. The Morgan fingerprint density at radius 3 is 2.06 bits per heavy atom. The van der Waals surface area contributed by atoms with E-state index >= 15 is 0 Å². The summed E-state index contributed by atoms with van der Waals surface area (Å²) in [6.45, 7) is 1.30. The van der Waals surface area contributed by atoms with Crippen LogP contribution in [-0.4, -0.2) is 26.3 Å². The highest BCUT2D eigenvalue weighted by atomic mass is 15.3. The molecule has 0 saturated heterocycles. The number of benzene rings is 3. The van der Waals surface area contributed by atoms with Crippen molar-refractivity contribution in [2.24, 2.45) is 0 Å². The minimum atomic E-state index is 0.552. The zero-order chi connectivity index (χ0) is 21.8. The Kier molecular flexibility index (Phi) is 5.49. The van der Waals surface area contributed by atoms with Gasteiger partial charge in [0.25, 0.3) is 0 Å². The minimum absolute atomic E-state index is 0.552. The van der Waals surface area contributed by atoms with Crippen molar-refractivity contribution in [1.29, 1.82) is 0 Å². The minimum Gasteiger partial charge on any atom is -0.383 e. The lowest BCUT2D eigenvalue weighted by molar-refractivity contribution is 0.703. The quantitative estimate of drug-likeness (QED) is 0.396. The topological polar surface area (TPSA) is 81.7 Å². The summed E-state index contributed by atoms with van der Waals surface area (Å²) < 4.78 is 1.80. The van der Waals surface area contributed by atoms with Crippen molar-refractivity contribution >= 4 is 22.8 Å². The Balaban J connectivity index is 1.51. The molecule has 0 saturated carbocycles. The fourth-order valence-corrected chi connectivity index (χ4v) is 3.78. The second-order valence-electron chi connectivity index (χ2n) is 7.65. The molecule has 0 aliphatic rings. The van der Waals surface area contributed by atoms with E-state index in [0.29, 0.717) is 24.0 Å². The number of nitrogens with two attached hydrogens (primary N) is 1. The van der Waals surface area contributed by atoms with Crippen molar-refractivity contribution in [2.45, 2.75) is 13.0 Å². The summed E-state index contributed by atoms with van der Waals surface area (Å²) >= 11 is 0. The fourth-order valence-electron chi connectivity index (χ4n) is 3.78. The van der Waals surface area contributed by atoms with Crippen molar-refractivity contribution in [2.75, 3.05) is 17.6 Å². The third kappa shape index (κ3) is 4.16. The lowest BCUT2D eigenvalue weighted by atomic mass is 10.1. The van der Waals surface area contributed by atoms with Crippen molar-refractivity contribution in [1.82, 2.24) is 19.7 Å². The van der Waals surface area contributed by atoms with Crippen LogP contribution in [0.15, 0.2) is 91.0 Å². The molecule has 0 bridgehead atoms. The third-order valence-corrected chi connectivity index (χ3v) is 5.40. The molecule has 3 aromatic carbocycles. The standard InChI is InChI=1S/C26H24N6/c27-24-22-23(21-14-8-3-9-15-21)29-26(28-17-16-19-10-4-1-5-11-19)30-25(22)31-32(24)18-20-12-6-2-7-13-20/h1-15H,16-18,27H2,(H,28,30,31). The van der Waals surface area contributed by atoms with Gasteiger partial charge in [-0.2, -0.15) is 4.98 Å². The number of nitrogens with zero attached hydrogens (tertiary/aromatic N) is 4. The van der Waals surface area contributed by atoms with Crippen molar-refractivity contribution in [3.8, 4) is 11.3 Å². The van der Waals surface area contributed by atoms with Crippen LogP contribution >= 0.6 is 0 Å². The smallest absolute Gasteiger partial charge is 0.225 e. The van der Waals surface area contributed by atoms with Crippen LogP contribution in [0, 0.1) is 0 Å². The first-order chi connectivity index (χ1) is 15.8. The Bertz CT molecular complexity index is 1310. The molecule has 0 amide bonds. The first kappa shape index (κ1) is 19.8. The molecule has 6 nitrogen and oxygen atoms in total. The summed E-state index contributed by atoms with van der Waals surface area (Å²) in [6, 6.07) is 30.6. The molecule has 0 aliphatic heterocycles. The van der Waals surface area contributed by atoms with Gasteiger partial charge >= 0.3 is 0 Å². The maximum atomic E-state index is 6.55. The molecular formula is C26H24N6. The second-order valence-corrected chi connectivity index (χ2v) is 7.65. The van der Waals surface area contributed by atoms with E-state index in [0.717, 1.165) is 35.2 Å². The van der Waals surface area contributed by atoms with Gasteiger partial charge in [0.05, 0.1) is 17.6 Å². The fraction of sp³-hybridized carbons (Fsp3) is 0.115. The summed E-state index contributed by atoms with van der Waals surface area (Å²) in [5.74, 6) is 1.12. The van der Waals surface area contributed by atoms with E-state index in [1.165, 1.54) is 5.56 Å². The maximum Gasteiger partial charge on any atom is 0.225 e.